The van der Waals surface area contributed by atoms with E-state index >= 15 is 0 Å². The van der Waals surface area contributed by atoms with Crippen molar-refractivity contribution in [3.8, 4) is 0 Å². The van der Waals surface area contributed by atoms with E-state index in [9.17, 15) is 4.79 Å². The van der Waals surface area contributed by atoms with Gasteiger partial charge in [-0.25, -0.2) is 0 Å². The molecule has 0 spiro atoms. The molecule has 0 aliphatic carbocycles. The lowest BCUT2D eigenvalue weighted by Crippen LogP contribution is -2.39. The van der Waals surface area contributed by atoms with Crippen LogP contribution in [0.4, 0.5) is 0 Å². The Labute approximate surface area is 117 Å². The number of carbonyl (C=O) groups excluding carboxylic acids is 1. The monoisotopic (exact) mass is 343 g/mol. The zero-order valence-electron chi connectivity index (χ0n) is 10.4. The van der Waals surface area contributed by atoms with Crippen LogP contribution in [-0.4, -0.2) is 23.9 Å². The second kappa shape index (κ2) is 5.38. The predicted molar refractivity (Wildman–Crippen MR) is 78.2 cm³/mol. The number of likely N-dealkylation sites (tertiary alicyclic amines) is 1. The molecule has 1 unspecified atom stereocenters. The molecule has 92 valence electrons. The van der Waals surface area contributed by atoms with Gasteiger partial charge in [0.15, 0.2) is 0 Å². The van der Waals surface area contributed by atoms with Crippen LogP contribution in [0.3, 0.4) is 0 Å². The number of hydrogen-bond acceptors (Lipinski definition) is 1. The standard InChI is InChI=1S/C14H18INO/c1-10-5-6-12(13(15)8-10)14(17)16-7-3-4-11(2)9-16/h5-6,8,11H,3-4,7,9H2,1-2H3. The van der Waals surface area contributed by atoms with Crippen LogP contribution < -0.4 is 0 Å². The number of rotatable bonds is 1. The maximum Gasteiger partial charge on any atom is 0.254 e. The Hall–Kier alpha value is -0.580. The molecule has 3 heteroatoms. The van der Waals surface area contributed by atoms with Gasteiger partial charge in [-0.15, -0.1) is 0 Å². The van der Waals surface area contributed by atoms with Gasteiger partial charge in [-0.2, -0.15) is 0 Å². The van der Waals surface area contributed by atoms with Crippen molar-refractivity contribution in [2.45, 2.75) is 26.7 Å². The number of hydrogen-bond donors (Lipinski definition) is 0. The first-order valence-corrected chi connectivity index (χ1v) is 7.21. The van der Waals surface area contributed by atoms with Gasteiger partial charge in [0.25, 0.3) is 5.91 Å². The normalized spacial score (nSPS) is 20.4. The van der Waals surface area contributed by atoms with Gasteiger partial charge in [0.05, 0.1) is 5.56 Å². The molecule has 17 heavy (non-hydrogen) atoms. The van der Waals surface area contributed by atoms with Gasteiger partial charge >= 0.3 is 0 Å². The van der Waals surface area contributed by atoms with Gasteiger partial charge in [0.1, 0.15) is 0 Å². The Morgan fingerprint density at radius 3 is 2.88 bits per heavy atom. The van der Waals surface area contributed by atoms with Crippen LogP contribution in [0.15, 0.2) is 18.2 Å². The van der Waals surface area contributed by atoms with Gasteiger partial charge in [-0.1, -0.05) is 18.6 Å². The quantitative estimate of drug-likeness (QED) is 0.715. The molecule has 1 aliphatic rings. The van der Waals surface area contributed by atoms with Gasteiger partial charge < -0.3 is 4.90 Å². The molecular weight excluding hydrogens is 325 g/mol. The van der Waals surface area contributed by atoms with Crippen LogP contribution in [0.5, 0.6) is 0 Å². The van der Waals surface area contributed by atoms with E-state index in [1.807, 2.05) is 17.0 Å². The number of benzene rings is 1. The van der Waals surface area contributed by atoms with Crippen LogP contribution in [0.1, 0.15) is 35.7 Å². The maximum absolute atomic E-state index is 12.4. The molecule has 2 nitrogen and oxygen atoms in total. The zero-order valence-corrected chi connectivity index (χ0v) is 12.5. The van der Waals surface area contributed by atoms with E-state index in [2.05, 4.69) is 42.5 Å². The van der Waals surface area contributed by atoms with E-state index in [1.54, 1.807) is 0 Å². The molecule has 1 aliphatic heterocycles. The summed E-state index contributed by atoms with van der Waals surface area (Å²) < 4.78 is 1.06. The third kappa shape index (κ3) is 3.00. The SMILES string of the molecule is Cc1ccc(C(=O)N2CCCC(C)C2)c(I)c1. The topological polar surface area (TPSA) is 20.3 Å². The lowest BCUT2D eigenvalue weighted by Gasteiger charge is -2.31. The summed E-state index contributed by atoms with van der Waals surface area (Å²) in [5, 5.41) is 0. The molecule has 0 N–H and O–H groups in total. The molecule has 1 atom stereocenters. The van der Waals surface area contributed by atoms with Crippen LogP contribution in [0.2, 0.25) is 0 Å². The minimum absolute atomic E-state index is 0.195. The fourth-order valence-corrected chi connectivity index (χ4v) is 3.24. The van der Waals surface area contributed by atoms with Crippen molar-refractivity contribution in [2.75, 3.05) is 13.1 Å². The van der Waals surface area contributed by atoms with Crippen molar-refractivity contribution >= 4 is 28.5 Å². The molecule has 1 aromatic carbocycles. The molecule has 0 aromatic heterocycles. The maximum atomic E-state index is 12.4. The first-order valence-electron chi connectivity index (χ1n) is 6.13. The summed E-state index contributed by atoms with van der Waals surface area (Å²) >= 11 is 2.26. The molecule has 0 bridgehead atoms. The summed E-state index contributed by atoms with van der Waals surface area (Å²) in [6.45, 7) is 6.09. The van der Waals surface area contributed by atoms with Crippen molar-refractivity contribution in [1.82, 2.24) is 4.90 Å². The minimum Gasteiger partial charge on any atom is -0.338 e. The van der Waals surface area contributed by atoms with Crippen molar-refractivity contribution < 1.29 is 4.79 Å². The second-order valence-electron chi connectivity index (χ2n) is 4.98. The highest BCUT2D eigenvalue weighted by molar-refractivity contribution is 14.1. The minimum atomic E-state index is 0.195. The van der Waals surface area contributed by atoms with Crippen LogP contribution in [0.25, 0.3) is 0 Å². The molecule has 2 rings (SSSR count). The summed E-state index contributed by atoms with van der Waals surface area (Å²) in [4.78, 5) is 14.4. The number of halogens is 1. The van der Waals surface area contributed by atoms with E-state index < -0.39 is 0 Å². The first kappa shape index (κ1) is 12.9. The highest BCUT2D eigenvalue weighted by atomic mass is 127. The highest BCUT2D eigenvalue weighted by Crippen LogP contribution is 2.21. The number of aryl methyl sites for hydroxylation is 1. The molecular formula is C14H18INO. The van der Waals surface area contributed by atoms with E-state index in [0.717, 1.165) is 28.6 Å². The largest absolute Gasteiger partial charge is 0.338 e. The molecule has 1 heterocycles. The van der Waals surface area contributed by atoms with Crippen molar-refractivity contribution in [3.63, 3.8) is 0 Å². The van der Waals surface area contributed by atoms with Crippen LogP contribution >= 0.6 is 22.6 Å². The van der Waals surface area contributed by atoms with Gasteiger partial charge in [0, 0.05) is 16.7 Å². The molecule has 0 radical (unpaired) electrons. The predicted octanol–water partition coefficient (Wildman–Crippen LogP) is 3.47. The van der Waals surface area contributed by atoms with Crippen molar-refractivity contribution in [3.05, 3.63) is 32.9 Å². The summed E-state index contributed by atoms with van der Waals surface area (Å²) in [6.07, 6.45) is 2.38. The summed E-state index contributed by atoms with van der Waals surface area (Å²) in [6, 6.07) is 6.04. The number of carbonyl (C=O) groups is 1. The second-order valence-corrected chi connectivity index (χ2v) is 6.14. The Morgan fingerprint density at radius 2 is 2.24 bits per heavy atom. The van der Waals surface area contributed by atoms with E-state index in [0.29, 0.717) is 5.92 Å². The lowest BCUT2D eigenvalue weighted by atomic mass is 9.99. The van der Waals surface area contributed by atoms with Crippen molar-refractivity contribution in [2.24, 2.45) is 5.92 Å². The molecule has 1 amide bonds. The van der Waals surface area contributed by atoms with Gasteiger partial charge in [-0.05, 0) is 60.4 Å². The fourth-order valence-electron chi connectivity index (χ4n) is 2.34. The summed E-state index contributed by atoms with van der Waals surface area (Å²) in [5.41, 5.74) is 2.06. The first-order chi connectivity index (χ1) is 8.08. The Bertz CT molecular complexity index is 430. The van der Waals surface area contributed by atoms with Crippen LogP contribution in [-0.2, 0) is 0 Å². The van der Waals surface area contributed by atoms with Gasteiger partial charge in [0.2, 0.25) is 0 Å². The summed E-state index contributed by atoms with van der Waals surface area (Å²) in [7, 11) is 0. The molecule has 0 saturated carbocycles. The fraction of sp³-hybridized carbons (Fsp3) is 0.500. The smallest absolute Gasteiger partial charge is 0.254 e. The average Bonchev–Trinajstić information content (AvgIpc) is 2.28. The van der Waals surface area contributed by atoms with E-state index in [-0.39, 0.29) is 5.91 Å². The highest BCUT2D eigenvalue weighted by Gasteiger charge is 2.23. The summed E-state index contributed by atoms with van der Waals surface area (Å²) in [5.74, 6) is 0.830. The Morgan fingerprint density at radius 1 is 1.47 bits per heavy atom. The number of amides is 1. The number of piperidine rings is 1. The zero-order chi connectivity index (χ0) is 12.4. The Balaban J connectivity index is 2.18. The average molecular weight is 343 g/mol. The third-order valence-electron chi connectivity index (χ3n) is 3.30. The number of nitrogens with zero attached hydrogens (tertiary/aromatic N) is 1. The molecule has 1 fully saturated rings. The molecule has 1 aromatic rings. The van der Waals surface area contributed by atoms with Crippen LogP contribution in [0, 0.1) is 16.4 Å². The molecule has 1 saturated heterocycles. The third-order valence-corrected chi connectivity index (χ3v) is 4.19. The Kier molecular flexibility index (Phi) is 4.07. The van der Waals surface area contributed by atoms with Gasteiger partial charge in [-0.3, -0.25) is 4.79 Å². The lowest BCUT2D eigenvalue weighted by molar-refractivity contribution is 0.0682. The van der Waals surface area contributed by atoms with E-state index in [1.165, 1.54) is 12.0 Å². The van der Waals surface area contributed by atoms with Crippen molar-refractivity contribution in [1.29, 1.82) is 0 Å². The van der Waals surface area contributed by atoms with E-state index in [4.69, 9.17) is 0 Å².